The van der Waals surface area contributed by atoms with Crippen LogP contribution in [0.4, 0.5) is 5.69 Å². The van der Waals surface area contributed by atoms with Crippen molar-refractivity contribution in [1.82, 2.24) is 4.98 Å². The monoisotopic (exact) mass is 626 g/mol. The van der Waals surface area contributed by atoms with E-state index in [-0.39, 0.29) is 5.91 Å². The van der Waals surface area contributed by atoms with Gasteiger partial charge in [0.2, 0.25) is 5.91 Å². The molecule has 0 aliphatic heterocycles. The number of methoxy groups -OCH3 is 1. The van der Waals surface area contributed by atoms with Crippen molar-refractivity contribution in [3.8, 4) is 22.6 Å². The second kappa shape index (κ2) is 18.0. The van der Waals surface area contributed by atoms with E-state index < -0.39 is 11.2 Å². The lowest BCUT2D eigenvalue weighted by Gasteiger charge is -2.13. The van der Waals surface area contributed by atoms with Gasteiger partial charge in [0.15, 0.2) is 4.90 Å². The predicted molar refractivity (Wildman–Crippen MR) is 182 cm³/mol. The number of amides is 1. The van der Waals surface area contributed by atoms with E-state index in [1.807, 2.05) is 48.5 Å². The Hall–Kier alpha value is -4.11. The summed E-state index contributed by atoms with van der Waals surface area (Å²) in [7, 11) is 1.61. The van der Waals surface area contributed by atoms with Gasteiger partial charge < -0.3 is 24.1 Å². The summed E-state index contributed by atoms with van der Waals surface area (Å²) in [4.78, 5) is 17.7. The summed E-state index contributed by atoms with van der Waals surface area (Å²) in [6.45, 7) is 6.11. The molecular formula is C37H42N2O5S. The molecule has 0 saturated heterocycles. The first-order valence-corrected chi connectivity index (χ1v) is 16.7. The highest BCUT2D eigenvalue weighted by Gasteiger charge is 2.15. The smallest absolute Gasteiger partial charge is 0.248 e. The molecule has 1 aromatic heterocycles. The minimum absolute atomic E-state index is 0.281. The molecule has 0 fully saturated rings. The zero-order valence-corrected chi connectivity index (χ0v) is 27.1. The number of aromatic nitrogens is 1. The van der Waals surface area contributed by atoms with Crippen molar-refractivity contribution in [1.29, 1.82) is 0 Å². The van der Waals surface area contributed by atoms with Crippen LogP contribution in [0.5, 0.6) is 11.5 Å². The second-order valence-electron chi connectivity index (χ2n) is 10.5. The molecule has 1 heterocycles. The number of pyridine rings is 1. The lowest BCUT2D eigenvalue weighted by molar-refractivity contribution is -0.111. The van der Waals surface area contributed by atoms with Crippen LogP contribution in [0.2, 0.25) is 0 Å². The Balaban J connectivity index is 1.34. The van der Waals surface area contributed by atoms with E-state index in [0.29, 0.717) is 35.3 Å². The zero-order valence-electron chi connectivity index (χ0n) is 26.3. The average Bonchev–Trinajstić information content (AvgIpc) is 3.07. The number of carbonyl (C=O) groups excluding carboxylic acids is 1. The first-order valence-electron chi connectivity index (χ1n) is 15.4. The molecule has 0 aliphatic rings. The molecule has 0 bridgehead atoms. The van der Waals surface area contributed by atoms with Crippen LogP contribution < -0.4 is 14.8 Å². The van der Waals surface area contributed by atoms with E-state index in [9.17, 15) is 9.35 Å². The summed E-state index contributed by atoms with van der Waals surface area (Å²) in [5.74, 6) is 1.58. The Kier molecular flexibility index (Phi) is 13.5. The highest BCUT2D eigenvalue weighted by molar-refractivity contribution is 7.90. The number of nitrogens with one attached hydrogen (secondary N) is 1. The minimum Gasteiger partial charge on any atom is -0.611 e. The Morgan fingerprint density at radius 2 is 1.69 bits per heavy atom. The molecule has 0 aliphatic carbocycles. The third kappa shape index (κ3) is 10.5. The molecular weight excluding hydrogens is 584 g/mol. The number of benzene rings is 3. The average molecular weight is 627 g/mol. The molecule has 0 saturated carbocycles. The van der Waals surface area contributed by atoms with Crippen molar-refractivity contribution in [3.05, 3.63) is 108 Å². The fourth-order valence-electron chi connectivity index (χ4n) is 4.72. The van der Waals surface area contributed by atoms with Crippen LogP contribution in [0, 0.1) is 0 Å². The fraction of sp³-hybridized carbons (Fsp3) is 0.297. The molecule has 1 amide bonds. The third-order valence-corrected chi connectivity index (χ3v) is 8.54. The SMILES string of the molecule is CCCCOCCOc1ccc(-c2ccc(OC)c(/C=C/C(=O)Nc3ccc([S+]([O-])Cc4cnccc4CCC)cc3)c2)cc1. The highest BCUT2D eigenvalue weighted by Crippen LogP contribution is 2.29. The van der Waals surface area contributed by atoms with Crippen LogP contribution in [0.25, 0.3) is 17.2 Å². The molecule has 1 N–H and O–H groups in total. The van der Waals surface area contributed by atoms with E-state index in [1.54, 1.807) is 49.8 Å². The first-order chi connectivity index (χ1) is 22.0. The zero-order chi connectivity index (χ0) is 31.9. The van der Waals surface area contributed by atoms with Crippen LogP contribution in [-0.2, 0) is 32.9 Å². The Labute approximate surface area is 269 Å². The number of aryl methyl sites for hydroxylation is 1. The van der Waals surface area contributed by atoms with Gasteiger partial charge in [-0.25, -0.2) is 0 Å². The Bertz CT molecular complexity index is 1520. The van der Waals surface area contributed by atoms with Gasteiger partial charge in [0.05, 0.1) is 13.7 Å². The lowest BCUT2D eigenvalue weighted by Crippen LogP contribution is -2.09. The van der Waals surface area contributed by atoms with Gasteiger partial charge in [-0.3, -0.25) is 9.78 Å². The van der Waals surface area contributed by atoms with Crippen molar-refractivity contribution in [2.75, 3.05) is 32.2 Å². The van der Waals surface area contributed by atoms with Crippen LogP contribution in [0.15, 0.2) is 96.2 Å². The van der Waals surface area contributed by atoms with Crippen molar-refractivity contribution >= 4 is 28.8 Å². The summed E-state index contributed by atoms with van der Waals surface area (Å²) >= 11 is -1.22. The number of nitrogens with zero attached hydrogens (tertiary/aromatic N) is 1. The quantitative estimate of drug-likeness (QED) is 0.0729. The van der Waals surface area contributed by atoms with Crippen molar-refractivity contribution in [2.24, 2.45) is 0 Å². The molecule has 1 atom stereocenters. The number of hydrogen-bond acceptors (Lipinski definition) is 6. The molecule has 7 nitrogen and oxygen atoms in total. The van der Waals surface area contributed by atoms with Gasteiger partial charge in [-0.1, -0.05) is 44.9 Å². The van der Waals surface area contributed by atoms with Gasteiger partial charge in [0.1, 0.15) is 23.9 Å². The van der Waals surface area contributed by atoms with E-state index in [4.69, 9.17) is 14.2 Å². The van der Waals surface area contributed by atoms with Gasteiger partial charge in [-0.2, -0.15) is 0 Å². The Morgan fingerprint density at radius 3 is 2.42 bits per heavy atom. The predicted octanol–water partition coefficient (Wildman–Crippen LogP) is 7.86. The van der Waals surface area contributed by atoms with Gasteiger partial charge in [-0.05, 0) is 101 Å². The molecule has 8 heteroatoms. The number of hydrogen-bond donors (Lipinski definition) is 1. The molecule has 0 spiro atoms. The highest BCUT2D eigenvalue weighted by atomic mass is 32.2. The Morgan fingerprint density at radius 1 is 0.911 bits per heavy atom. The maximum atomic E-state index is 13.0. The van der Waals surface area contributed by atoms with Crippen molar-refractivity contribution in [3.63, 3.8) is 0 Å². The van der Waals surface area contributed by atoms with Gasteiger partial charge >= 0.3 is 0 Å². The van der Waals surface area contributed by atoms with E-state index in [2.05, 4.69) is 24.1 Å². The standard InChI is InChI=1S/C37H42N2O5S/c1-4-6-22-43-23-24-44-34-14-8-29(9-15-34)30-10-18-36(42-3)31(25-30)11-19-37(40)39-33-12-16-35(17-13-33)45(41)27-32-26-38-21-20-28(32)7-5-2/h8-21,25-26H,4-7,22-24,27H2,1-3H3,(H,39,40)/b19-11+. The number of carbonyl (C=O) groups is 1. The largest absolute Gasteiger partial charge is 0.611 e. The topological polar surface area (TPSA) is 92.7 Å². The van der Waals surface area contributed by atoms with Crippen LogP contribution in [0.1, 0.15) is 49.8 Å². The van der Waals surface area contributed by atoms with E-state index in [0.717, 1.165) is 60.3 Å². The van der Waals surface area contributed by atoms with Crippen molar-refractivity contribution in [2.45, 2.75) is 50.2 Å². The van der Waals surface area contributed by atoms with E-state index >= 15 is 0 Å². The third-order valence-electron chi connectivity index (χ3n) is 7.17. The molecule has 4 aromatic rings. The van der Waals surface area contributed by atoms with Crippen LogP contribution in [-0.4, -0.2) is 42.4 Å². The van der Waals surface area contributed by atoms with Gasteiger partial charge in [-0.15, -0.1) is 0 Å². The molecule has 1 unspecified atom stereocenters. The first kappa shape index (κ1) is 33.8. The second-order valence-corrected chi connectivity index (χ2v) is 12.0. The molecule has 0 radical (unpaired) electrons. The maximum Gasteiger partial charge on any atom is 0.248 e. The van der Waals surface area contributed by atoms with Crippen molar-refractivity contribution < 1.29 is 23.6 Å². The molecule has 3 aromatic carbocycles. The number of unbranched alkanes of at least 4 members (excludes halogenated alkanes) is 1. The van der Waals surface area contributed by atoms with Crippen LogP contribution >= 0.6 is 0 Å². The van der Waals surface area contributed by atoms with Gasteiger partial charge in [0, 0.05) is 41.9 Å². The molecule has 4 rings (SSSR count). The summed E-state index contributed by atoms with van der Waals surface area (Å²) in [6, 6.07) is 22.9. The maximum absolute atomic E-state index is 13.0. The summed E-state index contributed by atoms with van der Waals surface area (Å²) < 4.78 is 29.9. The normalized spacial score (nSPS) is 11.8. The number of anilines is 1. The summed E-state index contributed by atoms with van der Waals surface area (Å²) in [6.07, 6.45) is 10.9. The molecule has 45 heavy (non-hydrogen) atoms. The lowest BCUT2D eigenvalue weighted by atomic mass is 10.0. The summed E-state index contributed by atoms with van der Waals surface area (Å²) in [5.41, 5.74) is 5.59. The van der Waals surface area contributed by atoms with E-state index in [1.165, 1.54) is 11.6 Å². The number of rotatable bonds is 17. The summed E-state index contributed by atoms with van der Waals surface area (Å²) in [5, 5.41) is 2.88. The van der Waals surface area contributed by atoms with Crippen LogP contribution in [0.3, 0.4) is 0 Å². The minimum atomic E-state index is -1.22. The molecule has 236 valence electrons. The fourth-order valence-corrected chi connectivity index (χ4v) is 5.87. The number of ether oxygens (including phenoxy) is 3. The van der Waals surface area contributed by atoms with Gasteiger partial charge in [0.25, 0.3) is 0 Å².